The minimum absolute atomic E-state index is 0.574. The minimum atomic E-state index is -1.45. The Balaban J connectivity index is 2.72. The van der Waals surface area contributed by atoms with Gasteiger partial charge in [-0.3, -0.25) is 5.84 Å². The molecule has 2 N–H and O–H groups in total. The highest BCUT2D eigenvalue weighted by Crippen LogP contribution is 2.28. The molecule has 136 valence electrons. The second kappa shape index (κ2) is 12.1. The molecule has 0 radical (unpaired) electrons. The van der Waals surface area contributed by atoms with Crippen LogP contribution < -0.4 is 15.3 Å². The molecule has 0 aromatic heterocycles. The molecular weight excluding hydrogens is 324 g/mol. The van der Waals surface area contributed by atoms with E-state index in [4.69, 9.17) is 15.3 Å². The fourth-order valence-corrected chi connectivity index (χ4v) is 3.13. The number of hydrazine groups is 1. The summed E-state index contributed by atoms with van der Waals surface area (Å²) in [6, 6.07) is 5.30. The second-order valence-corrected chi connectivity index (χ2v) is 6.88. The van der Waals surface area contributed by atoms with Crippen LogP contribution >= 0.6 is 0 Å². The third kappa shape index (κ3) is 7.03. The maximum Gasteiger partial charge on any atom is 0.145 e. The van der Waals surface area contributed by atoms with Gasteiger partial charge >= 0.3 is 0 Å². The molecule has 1 atom stereocenters. The highest BCUT2D eigenvalue weighted by atomic mass is 32.2. The van der Waals surface area contributed by atoms with Crippen LogP contribution in [-0.4, -0.2) is 28.9 Å². The molecule has 0 saturated heterocycles. The third-order valence-electron chi connectivity index (χ3n) is 3.54. The molecule has 0 aliphatic carbocycles. The molecule has 0 bridgehead atoms. The van der Waals surface area contributed by atoms with Gasteiger partial charge in [-0.2, -0.15) is 4.41 Å². The van der Waals surface area contributed by atoms with E-state index in [1.165, 1.54) is 4.41 Å². The maximum atomic E-state index is 12.7. The number of benzene rings is 1. The summed E-state index contributed by atoms with van der Waals surface area (Å²) >= 11 is 0. The minimum Gasteiger partial charge on any atom is -0.497 e. The van der Waals surface area contributed by atoms with Crippen molar-refractivity contribution < 1.29 is 13.7 Å². The molecule has 1 aromatic rings. The molecule has 0 amide bonds. The highest BCUT2D eigenvalue weighted by molar-refractivity contribution is 7.82. The number of nitrogens with zero attached hydrogens (tertiary/aromatic N) is 1. The number of nitrogens with two attached hydrogens (primary N) is 1. The topological polar surface area (TPSA) is 64.8 Å². The first kappa shape index (κ1) is 20.7. The maximum absolute atomic E-state index is 12.7. The summed E-state index contributed by atoms with van der Waals surface area (Å²) in [7, 11) is 0.149. The fraction of sp³-hybridized carbons (Fsp3) is 0.556. The molecule has 6 heteroatoms. The molecule has 0 aliphatic rings. The van der Waals surface area contributed by atoms with Crippen molar-refractivity contribution in [3.8, 4) is 11.5 Å². The smallest absolute Gasteiger partial charge is 0.145 e. The van der Waals surface area contributed by atoms with E-state index in [2.05, 4.69) is 13.0 Å². The van der Waals surface area contributed by atoms with E-state index in [1.54, 1.807) is 25.3 Å². The molecule has 5 nitrogen and oxygen atoms in total. The number of ether oxygens (including phenoxy) is 2. The average Bonchev–Trinajstić information content (AvgIpc) is 2.60. The zero-order valence-electron chi connectivity index (χ0n) is 15.0. The first-order valence-electron chi connectivity index (χ1n) is 8.50. The zero-order chi connectivity index (χ0) is 17.8. The van der Waals surface area contributed by atoms with Crippen molar-refractivity contribution in [2.75, 3.05) is 20.3 Å². The van der Waals surface area contributed by atoms with Gasteiger partial charge in [0.1, 0.15) is 22.5 Å². The van der Waals surface area contributed by atoms with Crippen LogP contribution in [0.3, 0.4) is 0 Å². The molecule has 1 unspecified atom stereocenters. The zero-order valence-corrected chi connectivity index (χ0v) is 15.8. The van der Waals surface area contributed by atoms with E-state index in [1.807, 2.05) is 13.0 Å². The van der Waals surface area contributed by atoms with Crippen LogP contribution in [0.2, 0.25) is 0 Å². The Morgan fingerprint density at radius 3 is 2.75 bits per heavy atom. The van der Waals surface area contributed by atoms with E-state index in [9.17, 15) is 4.21 Å². The molecule has 0 aliphatic heterocycles. The van der Waals surface area contributed by atoms with Crippen molar-refractivity contribution in [1.29, 1.82) is 0 Å². The molecule has 0 saturated carbocycles. The molecule has 0 spiro atoms. The van der Waals surface area contributed by atoms with Gasteiger partial charge in [-0.1, -0.05) is 25.5 Å². The summed E-state index contributed by atoms with van der Waals surface area (Å²) in [4.78, 5) is 0.586. The summed E-state index contributed by atoms with van der Waals surface area (Å²) in [5, 5.41) is 0. The van der Waals surface area contributed by atoms with E-state index in [0.717, 1.165) is 32.1 Å². The van der Waals surface area contributed by atoms with Crippen molar-refractivity contribution in [2.45, 2.75) is 50.8 Å². The van der Waals surface area contributed by atoms with Crippen LogP contribution in [0.1, 0.15) is 46.0 Å². The summed E-state index contributed by atoms with van der Waals surface area (Å²) < 4.78 is 25.1. The number of rotatable bonds is 12. The highest BCUT2D eigenvalue weighted by Gasteiger charge is 2.17. The van der Waals surface area contributed by atoms with E-state index < -0.39 is 11.0 Å². The van der Waals surface area contributed by atoms with Gasteiger partial charge in [0.25, 0.3) is 0 Å². The Labute approximate surface area is 148 Å². The van der Waals surface area contributed by atoms with Crippen LogP contribution in [0.15, 0.2) is 35.2 Å². The van der Waals surface area contributed by atoms with Crippen molar-refractivity contribution in [1.82, 2.24) is 4.41 Å². The Hall–Kier alpha value is -1.37. The lowest BCUT2D eigenvalue weighted by molar-refractivity contribution is 0.298. The predicted octanol–water partition coefficient (Wildman–Crippen LogP) is 3.82. The van der Waals surface area contributed by atoms with Crippen LogP contribution in [0.25, 0.3) is 0 Å². The summed E-state index contributed by atoms with van der Waals surface area (Å²) in [5.41, 5.74) is 0. The van der Waals surface area contributed by atoms with Gasteiger partial charge in [0.15, 0.2) is 0 Å². The fourth-order valence-electron chi connectivity index (χ4n) is 2.10. The van der Waals surface area contributed by atoms with Crippen molar-refractivity contribution >= 4 is 11.0 Å². The number of allylic oxidation sites excluding steroid dienone is 2. The number of unbranched alkanes of at least 4 members (excludes halogenated alkanes) is 3. The van der Waals surface area contributed by atoms with Crippen molar-refractivity contribution in [3.63, 3.8) is 0 Å². The molecule has 0 heterocycles. The largest absolute Gasteiger partial charge is 0.497 e. The number of hydrogen-bond donors (Lipinski definition) is 1. The third-order valence-corrected chi connectivity index (χ3v) is 4.86. The molecule has 24 heavy (non-hydrogen) atoms. The lowest BCUT2D eigenvalue weighted by atomic mass is 10.2. The van der Waals surface area contributed by atoms with E-state index in [0.29, 0.717) is 29.5 Å². The van der Waals surface area contributed by atoms with Crippen LogP contribution in [-0.2, 0) is 11.0 Å². The summed E-state index contributed by atoms with van der Waals surface area (Å²) in [6.07, 6.45) is 9.09. The lowest BCUT2D eigenvalue weighted by Gasteiger charge is -2.18. The number of methoxy groups -OCH3 is 1. The normalized spacial score (nSPS) is 12.7. The van der Waals surface area contributed by atoms with E-state index in [-0.39, 0.29) is 0 Å². The molecular formula is C18H30N2O3S. The summed E-state index contributed by atoms with van der Waals surface area (Å²) in [5.74, 6) is 7.24. The standard InChI is InChI=1S/C18H30N2O3S/c1-4-6-8-9-10-13-20(19)24(21)18-12-11-16(22-3)15-17(18)23-14-7-5-2/h4,6,11-12,15H,5,7-10,13-14,19H2,1-3H3/b6-4-. The average molecular weight is 355 g/mol. The van der Waals surface area contributed by atoms with Gasteiger partial charge < -0.3 is 9.47 Å². The van der Waals surface area contributed by atoms with Gasteiger partial charge in [0.05, 0.1) is 18.6 Å². The molecule has 1 aromatic carbocycles. The lowest BCUT2D eigenvalue weighted by Crippen LogP contribution is -2.34. The van der Waals surface area contributed by atoms with Crippen LogP contribution in [0.5, 0.6) is 11.5 Å². The van der Waals surface area contributed by atoms with Gasteiger partial charge in [-0.15, -0.1) is 0 Å². The summed E-state index contributed by atoms with van der Waals surface area (Å²) in [6.45, 7) is 5.27. The monoisotopic (exact) mass is 354 g/mol. The van der Waals surface area contributed by atoms with E-state index >= 15 is 0 Å². The second-order valence-electron chi connectivity index (χ2n) is 5.47. The van der Waals surface area contributed by atoms with Gasteiger partial charge in [-0.25, -0.2) is 4.21 Å². The Kier molecular flexibility index (Phi) is 10.4. The molecule has 1 rings (SSSR count). The van der Waals surface area contributed by atoms with Gasteiger partial charge in [0, 0.05) is 12.6 Å². The van der Waals surface area contributed by atoms with Crippen molar-refractivity contribution in [2.24, 2.45) is 5.84 Å². The van der Waals surface area contributed by atoms with Crippen LogP contribution in [0.4, 0.5) is 0 Å². The van der Waals surface area contributed by atoms with Crippen LogP contribution in [0, 0.1) is 0 Å². The SMILES string of the molecule is C/C=C\CCCCN(N)S(=O)c1ccc(OC)cc1OCCCC. The Morgan fingerprint density at radius 2 is 2.08 bits per heavy atom. The molecule has 0 fully saturated rings. The first-order valence-corrected chi connectivity index (χ1v) is 9.60. The predicted molar refractivity (Wildman–Crippen MR) is 99.4 cm³/mol. The number of hydrogen-bond acceptors (Lipinski definition) is 4. The quantitative estimate of drug-likeness (QED) is 0.268. The Morgan fingerprint density at radius 1 is 1.29 bits per heavy atom. The Bertz CT molecular complexity index is 535. The van der Waals surface area contributed by atoms with Gasteiger partial charge in [0.2, 0.25) is 0 Å². The van der Waals surface area contributed by atoms with Crippen molar-refractivity contribution in [3.05, 3.63) is 30.4 Å². The first-order chi connectivity index (χ1) is 11.6. The van der Waals surface area contributed by atoms with Gasteiger partial charge in [-0.05, 0) is 44.7 Å².